The highest BCUT2D eigenvalue weighted by molar-refractivity contribution is 5.94. The van der Waals surface area contributed by atoms with E-state index < -0.39 is 0 Å². The van der Waals surface area contributed by atoms with Crippen LogP contribution in [0.25, 0.3) is 0 Å². The van der Waals surface area contributed by atoms with Gasteiger partial charge < -0.3 is 4.74 Å². The monoisotopic (exact) mass is 414 g/mol. The van der Waals surface area contributed by atoms with Crippen molar-refractivity contribution in [3.05, 3.63) is 11.6 Å². The Morgan fingerprint density at radius 3 is 2.50 bits per heavy atom. The van der Waals surface area contributed by atoms with E-state index >= 15 is 0 Å². The van der Waals surface area contributed by atoms with Gasteiger partial charge in [-0.3, -0.25) is 4.79 Å². The molecule has 3 fully saturated rings. The first-order chi connectivity index (χ1) is 14.2. The van der Waals surface area contributed by atoms with E-state index in [0.717, 1.165) is 30.6 Å². The van der Waals surface area contributed by atoms with Crippen LogP contribution in [0.4, 0.5) is 0 Å². The highest BCUT2D eigenvalue weighted by atomic mass is 16.5. The number of methoxy groups -OCH3 is 1. The molecule has 4 aliphatic rings. The molecule has 0 N–H and O–H groups in total. The topological polar surface area (TPSA) is 26.3 Å². The van der Waals surface area contributed by atoms with Crippen LogP contribution in [-0.2, 0) is 9.53 Å². The van der Waals surface area contributed by atoms with E-state index in [0.29, 0.717) is 29.1 Å². The van der Waals surface area contributed by atoms with Gasteiger partial charge in [-0.25, -0.2) is 0 Å². The van der Waals surface area contributed by atoms with Gasteiger partial charge in [0.15, 0.2) is 5.78 Å². The van der Waals surface area contributed by atoms with Crippen LogP contribution in [0.2, 0.25) is 0 Å². The number of allylic oxidation sites excluding steroid dienone is 1. The number of carbonyl (C=O) groups excluding carboxylic acids is 1. The number of fused-ring (bicyclic) bond motifs is 5. The lowest BCUT2D eigenvalue weighted by molar-refractivity contribution is -0.135. The molecule has 0 amide bonds. The van der Waals surface area contributed by atoms with Gasteiger partial charge in [0, 0.05) is 13.0 Å². The maximum Gasteiger partial charge on any atom is 0.159 e. The zero-order chi connectivity index (χ0) is 21.7. The van der Waals surface area contributed by atoms with Gasteiger partial charge in [-0.05, 0) is 91.4 Å². The highest BCUT2D eigenvalue weighted by Crippen LogP contribution is 2.66. The van der Waals surface area contributed by atoms with Gasteiger partial charge in [0.1, 0.15) is 0 Å². The van der Waals surface area contributed by atoms with E-state index in [1.165, 1.54) is 56.9 Å². The van der Waals surface area contributed by atoms with Crippen molar-refractivity contribution in [3.8, 4) is 0 Å². The number of ether oxygens (including phenoxy) is 1. The van der Waals surface area contributed by atoms with E-state index in [4.69, 9.17) is 4.74 Å². The van der Waals surface area contributed by atoms with Gasteiger partial charge in [-0.1, -0.05) is 59.5 Å². The summed E-state index contributed by atoms with van der Waals surface area (Å²) in [6, 6.07) is 0. The Hall–Kier alpha value is -0.630. The van der Waals surface area contributed by atoms with Crippen LogP contribution in [0, 0.1) is 46.3 Å². The molecule has 3 unspecified atom stereocenters. The summed E-state index contributed by atoms with van der Waals surface area (Å²) in [6.45, 7) is 12.3. The first kappa shape index (κ1) is 22.6. The van der Waals surface area contributed by atoms with Crippen LogP contribution < -0.4 is 0 Å². The molecular weight excluding hydrogens is 368 g/mol. The zero-order valence-electron chi connectivity index (χ0n) is 20.5. The Morgan fingerprint density at radius 2 is 1.80 bits per heavy atom. The normalized spacial score (nSPS) is 44.3. The quantitative estimate of drug-likeness (QED) is 0.458. The van der Waals surface area contributed by atoms with Gasteiger partial charge in [0.2, 0.25) is 0 Å². The van der Waals surface area contributed by atoms with E-state index in [2.05, 4.69) is 40.7 Å². The fourth-order valence-corrected chi connectivity index (χ4v) is 8.59. The molecule has 4 rings (SSSR count). The van der Waals surface area contributed by atoms with Crippen LogP contribution in [0.15, 0.2) is 11.6 Å². The summed E-state index contributed by atoms with van der Waals surface area (Å²) in [5, 5.41) is 0. The van der Waals surface area contributed by atoms with Crippen molar-refractivity contribution in [3.63, 3.8) is 0 Å². The summed E-state index contributed by atoms with van der Waals surface area (Å²) in [5.41, 5.74) is 2.02. The molecule has 2 nitrogen and oxygen atoms in total. The molecule has 8 atom stereocenters. The van der Waals surface area contributed by atoms with E-state index in [9.17, 15) is 4.79 Å². The largest absolute Gasteiger partial charge is 0.381 e. The fourth-order valence-electron chi connectivity index (χ4n) is 8.59. The summed E-state index contributed by atoms with van der Waals surface area (Å²) >= 11 is 0. The molecule has 170 valence electrons. The molecule has 4 aliphatic carbocycles. The Morgan fingerprint density at radius 1 is 1.03 bits per heavy atom. The second-order valence-electron chi connectivity index (χ2n) is 12.4. The average molecular weight is 415 g/mol. The van der Waals surface area contributed by atoms with Crippen LogP contribution in [0.5, 0.6) is 0 Å². The van der Waals surface area contributed by atoms with Gasteiger partial charge in [0.25, 0.3) is 0 Å². The lowest BCUT2D eigenvalue weighted by atomic mass is 9.46. The molecule has 30 heavy (non-hydrogen) atoms. The van der Waals surface area contributed by atoms with Crippen LogP contribution in [0.1, 0.15) is 98.8 Å². The third-order valence-corrected chi connectivity index (χ3v) is 10.4. The summed E-state index contributed by atoms with van der Waals surface area (Å²) in [5.74, 6) is 4.35. The molecule has 0 aliphatic heterocycles. The van der Waals surface area contributed by atoms with Gasteiger partial charge in [-0.15, -0.1) is 0 Å². The average Bonchev–Trinajstić information content (AvgIpc) is 3.05. The molecule has 0 radical (unpaired) electrons. The van der Waals surface area contributed by atoms with Gasteiger partial charge in [0.05, 0.1) is 6.10 Å². The first-order valence-corrected chi connectivity index (χ1v) is 13.0. The number of hydrogen-bond donors (Lipinski definition) is 0. The standard InChI is InChI=1S/C28H46O2/c1-18(2)8-7-9-19(3)22-10-11-23-26-24(13-15-28(22,23)5)27(4)14-12-21(30-6)16-20(27)17-25(26)29/h17-19,21-24,26H,7-16H2,1-6H3/t19-,21+,22?,23?,24?,26+,27+,28-/m1/s1. The summed E-state index contributed by atoms with van der Waals surface area (Å²) in [6.07, 6.45) is 15.0. The predicted molar refractivity (Wildman–Crippen MR) is 124 cm³/mol. The van der Waals surface area contributed by atoms with Gasteiger partial charge in [-0.2, -0.15) is 0 Å². The molecule has 2 heteroatoms. The van der Waals surface area contributed by atoms with Crippen LogP contribution in [-0.4, -0.2) is 19.0 Å². The third-order valence-electron chi connectivity index (χ3n) is 10.4. The molecule has 0 bridgehead atoms. The van der Waals surface area contributed by atoms with E-state index in [1.807, 2.05) is 7.11 Å². The lowest BCUT2D eigenvalue weighted by Crippen LogP contribution is -2.53. The third kappa shape index (κ3) is 3.63. The van der Waals surface area contributed by atoms with Crippen molar-refractivity contribution in [2.75, 3.05) is 7.11 Å². The molecule has 3 saturated carbocycles. The summed E-state index contributed by atoms with van der Waals surface area (Å²) < 4.78 is 5.68. The van der Waals surface area contributed by atoms with Crippen molar-refractivity contribution in [1.29, 1.82) is 0 Å². The molecule has 0 aromatic heterocycles. The second kappa shape index (κ2) is 8.38. The van der Waals surface area contributed by atoms with Crippen molar-refractivity contribution in [2.24, 2.45) is 46.3 Å². The van der Waals surface area contributed by atoms with E-state index in [1.54, 1.807) is 0 Å². The molecule has 0 spiro atoms. The summed E-state index contributed by atoms with van der Waals surface area (Å²) in [7, 11) is 1.83. The maximum absolute atomic E-state index is 13.5. The fraction of sp³-hybridized carbons (Fsp3) is 0.893. The number of ketones is 1. The zero-order valence-corrected chi connectivity index (χ0v) is 20.5. The molecule has 0 heterocycles. The molecule has 0 aromatic carbocycles. The number of carbonyl (C=O) groups is 1. The van der Waals surface area contributed by atoms with Crippen LogP contribution in [0.3, 0.4) is 0 Å². The number of hydrogen-bond acceptors (Lipinski definition) is 2. The second-order valence-corrected chi connectivity index (χ2v) is 12.4. The lowest BCUT2D eigenvalue weighted by Gasteiger charge is -2.57. The minimum absolute atomic E-state index is 0.232. The predicted octanol–water partition coefficient (Wildman–Crippen LogP) is 7.22. The first-order valence-electron chi connectivity index (χ1n) is 13.0. The van der Waals surface area contributed by atoms with Crippen LogP contribution >= 0.6 is 0 Å². The molecular formula is C28H46O2. The smallest absolute Gasteiger partial charge is 0.159 e. The highest BCUT2D eigenvalue weighted by Gasteiger charge is 2.61. The summed E-state index contributed by atoms with van der Waals surface area (Å²) in [4.78, 5) is 13.5. The molecule has 0 aromatic rings. The van der Waals surface area contributed by atoms with Crippen molar-refractivity contribution >= 4 is 5.78 Å². The minimum atomic E-state index is 0.232. The van der Waals surface area contributed by atoms with E-state index in [-0.39, 0.29) is 11.3 Å². The molecule has 0 saturated heterocycles. The Labute approximate surface area is 185 Å². The Kier molecular flexibility index (Phi) is 6.30. The van der Waals surface area contributed by atoms with Crippen molar-refractivity contribution in [1.82, 2.24) is 0 Å². The maximum atomic E-state index is 13.5. The Balaban J connectivity index is 1.54. The SMILES string of the molecule is CO[C@H]1CC[C@@]2(C)C(=CC(=O)[C@H]3C4CCC([C@H](C)CCCC(C)C)[C@@]4(C)CCC32)C1. The van der Waals surface area contributed by atoms with Crippen molar-refractivity contribution in [2.45, 2.75) is 105 Å². The minimum Gasteiger partial charge on any atom is -0.381 e. The Bertz CT molecular complexity index is 678. The van der Waals surface area contributed by atoms with Gasteiger partial charge >= 0.3 is 0 Å². The van der Waals surface area contributed by atoms with Crippen molar-refractivity contribution < 1.29 is 9.53 Å². The number of rotatable bonds is 6.